The van der Waals surface area contributed by atoms with Crippen molar-refractivity contribution in [3.63, 3.8) is 0 Å². The van der Waals surface area contributed by atoms with E-state index < -0.39 is 11.0 Å². The Hall–Kier alpha value is -3.19. The largest absolute Gasteiger partial charge is 0.444 e. The topological polar surface area (TPSA) is 93.5 Å². The average Bonchev–Trinajstić information content (AvgIpc) is 2.68. The van der Waals surface area contributed by atoms with Crippen LogP contribution in [0, 0.1) is 10.1 Å². The van der Waals surface area contributed by atoms with Gasteiger partial charge in [0.15, 0.2) is 0 Å². The van der Waals surface area contributed by atoms with E-state index in [1.807, 2.05) is 36.4 Å². The monoisotopic (exact) mass is 353 g/mol. The summed E-state index contributed by atoms with van der Waals surface area (Å²) in [5, 5.41) is 17.2. The highest BCUT2D eigenvalue weighted by Gasteiger charge is 2.19. The van der Waals surface area contributed by atoms with Gasteiger partial charge in [0.2, 0.25) is 0 Å². The number of carbonyl (C=O) groups excluding carboxylic acids is 1. The highest BCUT2D eigenvalue weighted by Crippen LogP contribution is 2.31. The molecule has 0 aliphatic carbocycles. The van der Waals surface area contributed by atoms with E-state index in [4.69, 9.17) is 4.74 Å². The zero-order valence-corrected chi connectivity index (χ0v) is 14.1. The van der Waals surface area contributed by atoms with Crippen molar-refractivity contribution in [1.29, 1.82) is 0 Å². The molecule has 0 saturated heterocycles. The molecule has 0 saturated carbocycles. The number of carbonyl (C=O) groups is 1. The zero-order valence-electron chi connectivity index (χ0n) is 14.1. The average molecular weight is 353 g/mol. The third-order valence-electron chi connectivity index (χ3n) is 4.06. The first-order valence-electron chi connectivity index (χ1n) is 8.30. The fourth-order valence-corrected chi connectivity index (χ4v) is 2.78. The first-order chi connectivity index (χ1) is 12.6. The zero-order chi connectivity index (χ0) is 18.4. The smallest absolute Gasteiger partial charge is 0.411 e. The number of rotatable bonds is 5. The van der Waals surface area contributed by atoms with E-state index in [2.05, 4.69) is 10.6 Å². The van der Waals surface area contributed by atoms with Crippen molar-refractivity contribution in [2.45, 2.75) is 13.0 Å². The number of benzene rings is 2. The van der Waals surface area contributed by atoms with Crippen LogP contribution in [0.15, 0.2) is 54.6 Å². The summed E-state index contributed by atoms with van der Waals surface area (Å²) in [5.41, 5.74) is 2.68. The van der Waals surface area contributed by atoms with Gasteiger partial charge in [0.25, 0.3) is 5.69 Å². The Bertz CT molecular complexity index is 834. The molecule has 0 unspecified atom stereocenters. The molecule has 1 aliphatic heterocycles. The highest BCUT2D eigenvalue weighted by molar-refractivity contribution is 5.86. The lowest BCUT2D eigenvalue weighted by molar-refractivity contribution is -0.385. The highest BCUT2D eigenvalue weighted by atomic mass is 16.6. The van der Waals surface area contributed by atoms with Gasteiger partial charge in [-0.05, 0) is 36.2 Å². The number of nitro groups is 1. The summed E-state index contributed by atoms with van der Waals surface area (Å²) in [6.07, 6.45) is 2.02. The molecule has 0 aromatic heterocycles. The van der Waals surface area contributed by atoms with Crippen LogP contribution in [0.1, 0.15) is 17.5 Å². The summed E-state index contributed by atoms with van der Waals surface area (Å²) in [7, 11) is 0. The number of nitrogens with one attached hydrogen (secondary N) is 2. The van der Waals surface area contributed by atoms with Gasteiger partial charge >= 0.3 is 6.09 Å². The van der Waals surface area contributed by atoms with E-state index in [0.717, 1.165) is 24.1 Å². The molecule has 3 rings (SSSR count). The lowest BCUT2D eigenvalue weighted by atomic mass is 9.98. The van der Waals surface area contributed by atoms with Gasteiger partial charge in [0.05, 0.1) is 16.2 Å². The molecule has 2 aromatic carbocycles. The van der Waals surface area contributed by atoms with Gasteiger partial charge in [-0.25, -0.2) is 4.79 Å². The van der Waals surface area contributed by atoms with Crippen molar-refractivity contribution in [2.75, 3.05) is 18.4 Å². The van der Waals surface area contributed by atoms with Crippen molar-refractivity contribution in [3.05, 3.63) is 75.8 Å². The first kappa shape index (κ1) is 17.6. The standard InChI is InChI=1S/C19H19N3O4/c23-19(26-13-14-4-2-1-3-5-14)21-16-6-7-17(18(12-16)22(24)25)15-8-10-20-11-9-15/h1-8,12,20H,9-11,13H2,(H,21,23). The Balaban J connectivity index is 1.70. The van der Waals surface area contributed by atoms with Crippen LogP contribution in [-0.2, 0) is 11.3 Å². The van der Waals surface area contributed by atoms with E-state index in [9.17, 15) is 14.9 Å². The normalized spacial score (nSPS) is 13.6. The molecule has 0 spiro atoms. The van der Waals surface area contributed by atoms with Crippen molar-refractivity contribution < 1.29 is 14.5 Å². The van der Waals surface area contributed by atoms with Crippen molar-refractivity contribution in [1.82, 2.24) is 5.32 Å². The van der Waals surface area contributed by atoms with Crippen LogP contribution < -0.4 is 10.6 Å². The van der Waals surface area contributed by atoms with Crippen LogP contribution in [0.3, 0.4) is 0 Å². The Labute approximate surface area is 150 Å². The van der Waals surface area contributed by atoms with Gasteiger partial charge < -0.3 is 10.1 Å². The summed E-state index contributed by atoms with van der Waals surface area (Å²) in [4.78, 5) is 22.9. The third kappa shape index (κ3) is 4.46. The molecule has 2 aromatic rings. The fourth-order valence-electron chi connectivity index (χ4n) is 2.78. The lowest BCUT2D eigenvalue weighted by Crippen LogP contribution is -2.20. The second-order valence-corrected chi connectivity index (χ2v) is 5.86. The summed E-state index contributed by atoms with van der Waals surface area (Å²) in [5.74, 6) is 0. The second-order valence-electron chi connectivity index (χ2n) is 5.86. The van der Waals surface area contributed by atoms with Crippen LogP contribution >= 0.6 is 0 Å². The molecular formula is C19H19N3O4. The summed E-state index contributed by atoms with van der Waals surface area (Å²) >= 11 is 0. The number of amides is 1. The summed E-state index contributed by atoms with van der Waals surface area (Å²) < 4.78 is 5.14. The second kappa shape index (κ2) is 8.26. The maximum atomic E-state index is 11.9. The molecule has 134 valence electrons. The van der Waals surface area contributed by atoms with Gasteiger partial charge in [0.1, 0.15) is 6.61 Å². The van der Waals surface area contributed by atoms with Crippen LogP contribution in [0.2, 0.25) is 0 Å². The van der Waals surface area contributed by atoms with E-state index in [-0.39, 0.29) is 12.3 Å². The first-order valence-corrected chi connectivity index (χ1v) is 8.30. The molecular weight excluding hydrogens is 334 g/mol. The molecule has 2 N–H and O–H groups in total. The molecule has 0 fully saturated rings. The van der Waals surface area contributed by atoms with E-state index in [1.165, 1.54) is 6.07 Å². The minimum atomic E-state index is -0.656. The van der Waals surface area contributed by atoms with Crippen LogP contribution in [-0.4, -0.2) is 24.1 Å². The maximum absolute atomic E-state index is 11.9. The molecule has 1 aliphatic rings. The molecule has 0 bridgehead atoms. The number of nitro benzene ring substituents is 1. The summed E-state index contributed by atoms with van der Waals surface area (Å²) in [6, 6.07) is 14.0. The van der Waals surface area contributed by atoms with E-state index in [0.29, 0.717) is 17.8 Å². The van der Waals surface area contributed by atoms with Gasteiger partial charge in [-0.3, -0.25) is 15.4 Å². The Morgan fingerprint density at radius 1 is 1.23 bits per heavy atom. The van der Waals surface area contributed by atoms with Gasteiger partial charge in [-0.15, -0.1) is 0 Å². The SMILES string of the molecule is O=C(Nc1ccc(C2=CCNCC2)c([N+](=O)[O-])c1)OCc1ccccc1. The van der Waals surface area contributed by atoms with Crippen LogP contribution in [0.25, 0.3) is 5.57 Å². The van der Waals surface area contributed by atoms with Crippen molar-refractivity contribution in [3.8, 4) is 0 Å². The lowest BCUT2D eigenvalue weighted by Gasteiger charge is -2.15. The minimum Gasteiger partial charge on any atom is -0.444 e. The van der Waals surface area contributed by atoms with Gasteiger partial charge in [-0.1, -0.05) is 36.4 Å². The van der Waals surface area contributed by atoms with E-state index in [1.54, 1.807) is 12.1 Å². The van der Waals surface area contributed by atoms with Crippen LogP contribution in [0.5, 0.6) is 0 Å². The number of hydrogen-bond donors (Lipinski definition) is 2. The predicted molar refractivity (Wildman–Crippen MR) is 98.8 cm³/mol. The molecule has 1 amide bonds. The number of nitrogens with zero attached hydrogens (tertiary/aromatic N) is 1. The maximum Gasteiger partial charge on any atom is 0.411 e. The molecule has 0 radical (unpaired) electrons. The third-order valence-corrected chi connectivity index (χ3v) is 4.06. The molecule has 26 heavy (non-hydrogen) atoms. The van der Waals surface area contributed by atoms with Crippen molar-refractivity contribution in [2.24, 2.45) is 0 Å². The quantitative estimate of drug-likeness (QED) is 0.631. The summed E-state index contributed by atoms with van der Waals surface area (Å²) in [6.45, 7) is 1.61. The van der Waals surface area contributed by atoms with Gasteiger partial charge in [0, 0.05) is 12.6 Å². The number of anilines is 1. The van der Waals surface area contributed by atoms with E-state index >= 15 is 0 Å². The molecule has 0 atom stereocenters. The minimum absolute atomic E-state index is 0.0287. The number of ether oxygens (including phenoxy) is 1. The van der Waals surface area contributed by atoms with Gasteiger partial charge in [-0.2, -0.15) is 0 Å². The molecule has 1 heterocycles. The van der Waals surface area contributed by atoms with Crippen LogP contribution in [0.4, 0.5) is 16.2 Å². The molecule has 7 heteroatoms. The Kier molecular flexibility index (Phi) is 5.60. The Morgan fingerprint density at radius 2 is 2.04 bits per heavy atom. The Morgan fingerprint density at radius 3 is 2.73 bits per heavy atom. The fraction of sp³-hybridized carbons (Fsp3) is 0.211. The predicted octanol–water partition coefficient (Wildman–Crippen LogP) is 3.72. The van der Waals surface area contributed by atoms with Crippen molar-refractivity contribution >= 4 is 23.0 Å². The number of hydrogen-bond acceptors (Lipinski definition) is 5. The molecule has 7 nitrogen and oxygen atoms in total.